The van der Waals surface area contributed by atoms with Crippen LogP contribution in [0, 0.1) is 0 Å². The van der Waals surface area contributed by atoms with Crippen molar-refractivity contribution >= 4 is 5.65 Å². The quantitative estimate of drug-likeness (QED) is 0.491. The van der Waals surface area contributed by atoms with Crippen LogP contribution in [0.25, 0.3) is 17.2 Å². The predicted molar refractivity (Wildman–Crippen MR) is 96.3 cm³/mol. The van der Waals surface area contributed by atoms with Gasteiger partial charge in [-0.2, -0.15) is 0 Å². The lowest BCUT2D eigenvalue weighted by Crippen LogP contribution is -2.14. The van der Waals surface area contributed by atoms with E-state index in [1.54, 1.807) is 47.6 Å². The Morgan fingerprint density at radius 1 is 1.04 bits per heavy atom. The smallest absolute Gasteiger partial charge is 0.228 e. The van der Waals surface area contributed by atoms with E-state index in [4.69, 9.17) is 13.6 Å². The van der Waals surface area contributed by atoms with E-state index in [-0.39, 0.29) is 11.7 Å². The van der Waals surface area contributed by atoms with Crippen LogP contribution in [0.4, 0.5) is 0 Å². The molecule has 1 aromatic carbocycles. The van der Waals surface area contributed by atoms with Crippen LogP contribution in [0.5, 0.6) is 17.4 Å². The van der Waals surface area contributed by atoms with E-state index >= 15 is 0 Å². The molecule has 1 aliphatic rings. The molecule has 1 atom stereocenters. The molecule has 28 heavy (non-hydrogen) atoms. The molecule has 0 aliphatic carbocycles. The van der Waals surface area contributed by atoms with Gasteiger partial charge in [0.25, 0.3) is 0 Å². The maximum absolute atomic E-state index is 9.87. The summed E-state index contributed by atoms with van der Waals surface area (Å²) in [6.07, 6.45) is 4.74. The van der Waals surface area contributed by atoms with E-state index in [1.165, 1.54) is 0 Å². The molecule has 1 aliphatic heterocycles. The van der Waals surface area contributed by atoms with Crippen LogP contribution in [0.1, 0.15) is 22.8 Å². The van der Waals surface area contributed by atoms with Crippen molar-refractivity contribution in [2.75, 3.05) is 0 Å². The maximum Gasteiger partial charge on any atom is 0.228 e. The van der Waals surface area contributed by atoms with Gasteiger partial charge in [-0.1, -0.05) is 6.07 Å². The van der Waals surface area contributed by atoms with Gasteiger partial charge in [0.1, 0.15) is 23.6 Å². The number of nitrogens with zero attached hydrogens (tertiary/aromatic N) is 4. The highest BCUT2D eigenvalue weighted by Crippen LogP contribution is 2.48. The standard InChI is InChI=1S/C20H12N4O4/c25-11-5-6-12-15(9-11)28-20-17(16(12)13-3-1-7-26-13)19-22-18(14-4-2-8-27-14)23-24(19)10-21-20/h1-10,16,25H/t16-/m0/s1. The van der Waals surface area contributed by atoms with Crippen LogP contribution in [-0.2, 0) is 0 Å². The zero-order valence-electron chi connectivity index (χ0n) is 14.3. The Hall–Kier alpha value is -4.07. The summed E-state index contributed by atoms with van der Waals surface area (Å²) in [6, 6.07) is 12.3. The highest BCUT2D eigenvalue weighted by molar-refractivity contribution is 5.67. The second-order valence-corrected chi connectivity index (χ2v) is 6.42. The Morgan fingerprint density at radius 2 is 1.93 bits per heavy atom. The lowest BCUT2D eigenvalue weighted by molar-refractivity contribution is 0.409. The average Bonchev–Trinajstić information content (AvgIpc) is 3.46. The van der Waals surface area contributed by atoms with Gasteiger partial charge in [0, 0.05) is 11.6 Å². The number of rotatable bonds is 2. The van der Waals surface area contributed by atoms with E-state index in [2.05, 4.69) is 15.1 Å². The third kappa shape index (κ3) is 2.08. The van der Waals surface area contributed by atoms with Gasteiger partial charge < -0.3 is 18.7 Å². The van der Waals surface area contributed by atoms with Crippen molar-refractivity contribution in [2.24, 2.45) is 0 Å². The van der Waals surface area contributed by atoms with Crippen LogP contribution >= 0.6 is 0 Å². The monoisotopic (exact) mass is 372 g/mol. The molecule has 5 heterocycles. The fourth-order valence-electron chi connectivity index (χ4n) is 3.56. The topological polar surface area (TPSA) is 98.8 Å². The van der Waals surface area contributed by atoms with Gasteiger partial charge in [-0.3, -0.25) is 0 Å². The van der Waals surface area contributed by atoms with Crippen molar-refractivity contribution in [2.45, 2.75) is 5.92 Å². The third-order valence-corrected chi connectivity index (χ3v) is 4.76. The fraction of sp³-hybridized carbons (Fsp3) is 0.0500. The number of aromatic nitrogens is 4. The Bertz CT molecular complexity index is 1310. The van der Waals surface area contributed by atoms with Gasteiger partial charge in [0.2, 0.25) is 11.7 Å². The third-order valence-electron chi connectivity index (χ3n) is 4.76. The molecule has 0 amide bonds. The first-order valence-electron chi connectivity index (χ1n) is 8.61. The van der Waals surface area contributed by atoms with Gasteiger partial charge in [-0.25, -0.2) is 14.5 Å². The minimum atomic E-state index is -0.306. The molecule has 8 heteroatoms. The van der Waals surface area contributed by atoms with E-state index < -0.39 is 0 Å². The molecule has 0 fully saturated rings. The summed E-state index contributed by atoms with van der Waals surface area (Å²) >= 11 is 0. The summed E-state index contributed by atoms with van der Waals surface area (Å²) in [7, 11) is 0. The lowest BCUT2D eigenvalue weighted by Gasteiger charge is -2.26. The maximum atomic E-state index is 9.87. The van der Waals surface area contributed by atoms with Crippen LogP contribution in [-0.4, -0.2) is 24.7 Å². The molecule has 0 bridgehead atoms. The molecule has 5 aromatic rings. The van der Waals surface area contributed by atoms with Gasteiger partial charge in [-0.05, 0) is 30.3 Å². The van der Waals surface area contributed by atoms with E-state index in [9.17, 15) is 5.11 Å². The summed E-state index contributed by atoms with van der Waals surface area (Å²) in [5, 5.41) is 14.3. The first-order chi connectivity index (χ1) is 13.8. The molecular weight excluding hydrogens is 360 g/mol. The van der Waals surface area contributed by atoms with Gasteiger partial charge in [0.05, 0.1) is 24.0 Å². The minimum Gasteiger partial charge on any atom is -0.508 e. The molecule has 0 saturated carbocycles. The molecule has 0 saturated heterocycles. The van der Waals surface area contributed by atoms with Gasteiger partial charge >= 0.3 is 0 Å². The largest absolute Gasteiger partial charge is 0.508 e. The highest BCUT2D eigenvalue weighted by atomic mass is 16.5. The van der Waals surface area contributed by atoms with Gasteiger partial charge in [-0.15, -0.1) is 5.10 Å². The number of benzene rings is 1. The predicted octanol–water partition coefficient (Wildman–Crippen LogP) is 3.97. The number of furan rings is 2. The summed E-state index contributed by atoms with van der Waals surface area (Å²) < 4.78 is 18.7. The Labute approximate surface area is 157 Å². The zero-order valence-corrected chi connectivity index (χ0v) is 14.3. The number of aromatic hydroxyl groups is 1. The zero-order chi connectivity index (χ0) is 18.7. The molecule has 1 N–H and O–H groups in total. The first-order valence-corrected chi connectivity index (χ1v) is 8.61. The molecule has 4 aromatic heterocycles. The Morgan fingerprint density at radius 3 is 2.75 bits per heavy atom. The summed E-state index contributed by atoms with van der Waals surface area (Å²) in [4.78, 5) is 9.08. The van der Waals surface area contributed by atoms with Crippen LogP contribution in [0.3, 0.4) is 0 Å². The molecule has 0 spiro atoms. The average molecular weight is 372 g/mol. The first kappa shape index (κ1) is 15.0. The fourth-order valence-corrected chi connectivity index (χ4v) is 3.56. The van der Waals surface area contributed by atoms with Crippen molar-refractivity contribution in [3.05, 3.63) is 78.2 Å². The van der Waals surface area contributed by atoms with Crippen LogP contribution in [0.15, 0.2) is 70.2 Å². The van der Waals surface area contributed by atoms with E-state index in [0.717, 1.165) is 11.1 Å². The Balaban J connectivity index is 1.64. The number of ether oxygens (including phenoxy) is 1. The molecule has 8 nitrogen and oxygen atoms in total. The molecular formula is C20H12N4O4. The van der Waals surface area contributed by atoms with Crippen molar-refractivity contribution in [3.63, 3.8) is 0 Å². The van der Waals surface area contributed by atoms with E-state index in [0.29, 0.717) is 34.6 Å². The van der Waals surface area contributed by atoms with Crippen molar-refractivity contribution < 1.29 is 18.7 Å². The van der Waals surface area contributed by atoms with Crippen LogP contribution in [0.2, 0.25) is 0 Å². The van der Waals surface area contributed by atoms with Crippen LogP contribution < -0.4 is 4.74 Å². The number of hydrogen-bond acceptors (Lipinski definition) is 7. The Kier molecular flexibility index (Phi) is 2.93. The minimum absolute atomic E-state index is 0.115. The summed E-state index contributed by atoms with van der Waals surface area (Å²) in [6.45, 7) is 0. The van der Waals surface area contributed by atoms with Gasteiger partial charge in [0.15, 0.2) is 11.4 Å². The molecule has 136 valence electrons. The van der Waals surface area contributed by atoms with Crippen molar-refractivity contribution in [3.8, 4) is 29.0 Å². The number of phenolic OH excluding ortho intramolecular Hbond substituents is 1. The molecule has 0 radical (unpaired) electrons. The normalized spacial score (nSPS) is 15.2. The SMILES string of the molecule is Oc1ccc2c(c1)Oc1ncn3nc(-c4ccco4)nc3c1[C@@H]2c1ccco1. The molecule has 6 rings (SSSR count). The summed E-state index contributed by atoms with van der Waals surface area (Å²) in [5.74, 6) is 2.46. The second kappa shape index (κ2) is 5.46. The number of phenols is 1. The number of hydrogen-bond donors (Lipinski definition) is 1. The number of fused-ring (bicyclic) bond motifs is 4. The summed E-state index contributed by atoms with van der Waals surface area (Å²) in [5.41, 5.74) is 2.18. The van der Waals surface area contributed by atoms with Crippen molar-refractivity contribution in [1.29, 1.82) is 0 Å². The second-order valence-electron chi connectivity index (χ2n) is 6.42. The molecule has 0 unspecified atom stereocenters. The van der Waals surface area contributed by atoms with E-state index in [1.807, 2.05) is 18.2 Å². The highest BCUT2D eigenvalue weighted by Gasteiger charge is 2.35. The van der Waals surface area contributed by atoms with Crippen molar-refractivity contribution in [1.82, 2.24) is 19.6 Å². The lowest BCUT2D eigenvalue weighted by atomic mass is 9.87.